The van der Waals surface area contributed by atoms with E-state index in [1.165, 1.54) is 0 Å². The molecule has 1 fully saturated rings. The van der Waals surface area contributed by atoms with E-state index < -0.39 is 6.67 Å². The Kier molecular flexibility index (Phi) is 8.23. The number of alkyl halides is 1. The summed E-state index contributed by atoms with van der Waals surface area (Å²) < 4.78 is 23.8. The van der Waals surface area contributed by atoms with E-state index in [0.29, 0.717) is 24.2 Å². The van der Waals surface area contributed by atoms with Crippen LogP contribution in [0.3, 0.4) is 0 Å². The highest BCUT2D eigenvalue weighted by molar-refractivity contribution is 6.05. The van der Waals surface area contributed by atoms with Crippen LogP contribution in [0.15, 0.2) is 59.2 Å². The lowest BCUT2D eigenvalue weighted by Gasteiger charge is -2.24. The first kappa shape index (κ1) is 24.6. The van der Waals surface area contributed by atoms with E-state index in [1.54, 1.807) is 24.3 Å². The zero-order chi connectivity index (χ0) is 24.6. The highest BCUT2D eigenvalue weighted by Crippen LogP contribution is 2.39. The summed E-state index contributed by atoms with van der Waals surface area (Å²) in [6.07, 6.45) is 7.32. The lowest BCUT2D eigenvalue weighted by atomic mass is 10.1. The molecule has 8 heteroatoms. The second-order valence-electron chi connectivity index (χ2n) is 8.76. The fourth-order valence-electron chi connectivity index (χ4n) is 3.87. The number of hydrogen-bond donors (Lipinski definition) is 0. The van der Waals surface area contributed by atoms with Gasteiger partial charge in [0.05, 0.1) is 13.8 Å². The molecule has 0 atom stereocenters. The highest BCUT2D eigenvalue weighted by atomic mass is 19.1. The molecule has 0 aliphatic heterocycles. The van der Waals surface area contributed by atoms with Gasteiger partial charge in [-0.05, 0) is 49.4 Å². The van der Waals surface area contributed by atoms with Crippen LogP contribution in [0.2, 0.25) is 0 Å². The number of nitrogens with zero attached hydrogens (tertiary/aromatic N) is 4. The van der Waals surface area contributed by atoms with E-state index in [-0.39, 0.29) is 17.9 Å². The maximum Gasteiger partial charge on any atom is 0.253 e. The number of pyridine rings is 1. The van der Waals surface area contributed by atoms with Crippen LogP contribution in [0, 0.1) is 0 Å². The van der Waals surface area contributed by atoms with E-state index >= 15 is 0 Å². The summed E-state index contributed by atoms with van der Waals surface area (Å²) in [7, 11) is 1.57. The van der Waals surface area contributed by atoms with Gasteiger partial charge in [-0.3, -0.25) is 9.18 Å². The highest BCUT2D eigenvalue weighted by Gasteiger charge is 2.29. The number of carbonyl (C=O) groups excluding carboxylic acids is 1. The first-order valence-corrected chi connectivity index (χ1v) is 12.1. The third-order valence-corrected chi connectivity index (χ3v) is 6.06. The number of methoxy groups -OCH3 is 1. The summed E-state index contributed by atoms with van der Waals surface area (Å²) in [5.74, 6) is 2.18. The summed E-state index contributed by atoms with van der Waals surface area (Å²) in [5.41, 5.74) is 2.85. The van der Waals surface area contributed by atoms with Gasteiger partial charge in [-0.2, -0.15) is 0 Å². The number of amides is 1. The third kappa shape index (κ3) is 6.53. The molecule has 0 radical (unpaired) electrons. The van der Waals surface area contributed by atoms with Crippen LogP contribution in [-0.4, -0.2) is 41.4 Å². The standard InChI is InChI=1S/C27H31FN4O3/c1-19(14-15-28)27(33)32(16-5-3-4-9-25-30-31-26(35-25)20-10-11-20)23-8-6-7-21(17-23)22-12-13-24(34-2)29-18-22/h6-8,12-13,17-18,20H,1,3-5,9-11,14-16H2,2H3. The number of aromatic nitrogens is 3. The Hall–Kier alpha value is -3.55. The topological polar surface area (TPSA) is 81.4 Å². The molecule has 4 rings (SSSR count). The van der Waals surface area contributed by atoms with Crippen molar-refractivity contribution in [3.63, 3.8) is 0 Å². The number of benzene rings is 1. The quantitative estimate of drug-likeness (QED) is 0.232. The Morgan fingerprint density at radius 3 is 2.74 bits per heavy atom. The SMILES string of the molecule is C=C(CCF)C(=O)N(CCCCCc1nnc(C2CC2)o1)c1cccc(-c2ccc(OC)nc2)c1. The molecule has 1 aliphatic rings. The predicted octanol–water partition coefficient (Wildman–Crippen LogP) is 5.68. The second-order valence-corrected chi connectivity index (χ2v) is 8.76. The first-order valence-electron chi connectivity index (χ1n) is 12.1. The van der Waals surface area contributed by atoms with Crippen molar-refractivity contribution in [2.24, 2.45) is 0 Å². The van der Waals surface area contributed by atoms with Crippen molar-refractivity contribution in [2.75, 3.05) is 25.2 Å². The van der Waals surface area contributed by atoms with Crippen molar-refractivity contribution in [3.8, 4) is 17.0 Å². The van der Waals surface area contributed by atoms with Gasteiger partial charge in [-0.25, -0.2) is 4.98 Å². The number of hydrogen-bond acceptors (Lipinski definition) is 6. The summed E-state index contributed by atoms with van der Waals surface area (Å²) in [4.78, 5) is 19.1. The van der Waals surface area contributed by atoms with Crippen molar-refractivity contribution in [1.29, 1.82) is 0 Å². The molecule has 2 heterocycles. The number of unbranched alkanes of at least 4 members (excludes halogenated alkanes) is 2. The van der Waals surface area contributed by atoms with Gasteiger partial charge in [0, 0.05) is 54.4 Å². The number of carbonyl (C=O) groups is 1. The van der Waals surface area contributed by atoms with E-state index in [9.17, 15) is 9.18 Å². The number of halogens is 1. The molecule has 35 heavy (non-hydrogen) atoms. The van der Waals surface area contributed by atoms with Crippen molar-refractivity contribution in [3.05, 3.63) is 66.5 Å². The molecule has 0 unspecified atom stereocenters. The molecule has 1 aliphatic carbocycles. The average Bonchev–Trinajstić information content (AvgIpc) is 3.64. The van der Waals surface area contributed by atoms with Crippen LogP contribution in [0.1, 0.15) is 56.2 Å². The van der Waals surface area contributed by atoms with E-state index in [1.807, 2.05) is 30.3 Å². The molecule has 1 saturated carbocycles. The number of aryl methyl sites for hydroxylation is 1. The van der Waals surface area contributed by atoms with Crippen LogP contribution in [0.5, 0.6) is 5.88 Å². The fourth-order valence-corrected chi connectivity index (χ4v) is 3.87. The van der Waals surface area contributed by atoms with Crippen LogP contribution >= 0.6 is 0 Å². The number of anilines is 1. The van der Waals surface area contributed by atoms with Crippen LogP contribution in [0.4, 0.5) is 10.1 Å². The molecular weight excluding hydrogens is 447 g/mol. The third-order valence-electron chi connectivity index (χ3n) is 6.06. The molecule has 0 saturated heterocycles. The molecule has 7 nitrogen and oxygen atoms in total. The van der Waals surface area contributed by atoms with Gasteiger partial charge in [-0.1, -0.05) is 25.1 Å². The Labute approximate surface area is 205 Å². The maximum atomic E-state index is 13.1. The molecular formula is C27H31FN4O3. The smallest absolute Gasteiger partial charge is 0.253 e. The van der Waals surface area contributed by atoms with Crippen LogP contribution < -0.4 is 9.64 Å². The molecule has 184 valence electrons. The summed E-state index contributed by atoms with van der Waals surface area (Å²) in [6.45, 7) is 3.71. The minimum atomic E-state index is -0.608. The Morgan fingerprint density at radius 1 is 1.17 bits per heavy atom. The second kappa shape index (κ2) is 11.7. The molecule has 1 amide bonds. The number of rotatable bonds is 13. The molecule has 1 aromatic carbocycles. The van der Waals surface area contributed by atoms with E-state index in [2.05, 4.69) is 21.8 Å². The summed E-state index contributed by atoms with van der Waals surface area (Å²) in [6, 6.07) is 11.4. The van der Waals surface area contributed by atoms with E-state index in [0.717, 1.165) is 61.2 Å². The van der Waals surface area contributed by atoms with E-state index in [4.69, 9.17) is 9.15 Å². The van der Waals surface area contributed by atoms with Gasteiger partial charge in [0.25, 0.3) is 5.91 Å². The van der Waals surface area contributed by atoms with Crippen molar-refractivity contribution in [2.45, 2.75) is 50.9 Å². The van der Waals surface area contributed by atoms with Crippen molar-refractivity contribution < 1.29 is 18.3 Å². The van der Waals surface area contributed by atoms with Gasteiger partial charge in [-0.15, -0.1) is 10.2 Å². The summed E-state index contributed by atoms with van der Waals surface area (Å²) in [5, 5.41) is 8.26. The molecule has 3 aromatic rings. The monoisotopic (exact) mass is 478 g/mol. The van der Waals surface area contributed by atoms with Crippen molar-refractivity contribution in [1.82, 2.24) is 15.2 Å². The molecule has 0 spiro atoms. The van der Waals surface area contributed by atoms with Gasteiger partial charge >= 0.3 is 0 Å². The molecule has 0 N–H and O–H groups in total. The zero-order valence-electron chi connectivity index (χ0n) is 20.1. The van der Waals surface area contributed by atoms with Gasteiger partial charge in [0.2, 0.25) is 17.7 Å². The maximum absolute atomic E-state index is 13.1. The fraction of sp³-hybridized carbons (Fsp3) is 0.407. The van der Waals surface area contributed by atoms with Crippen LogP contribution in [-0.2, 0) is 11.2 Å². The summed E-state index contributed by atoms with van der Waals surface area (Å²) >= 11 is 0. The minimum Gasteiger partial charge on any atom is -0.481 e. The first-order chi connectivity index (χ1) is 17.1. The van der Waals surface area contributed by atoms with Crippen LogP contribution in [0.25, 0.3) is 11.1 Å². The largest absolute Gasteiger partial charge is 0.481 e. The lowest BCUT2D eigenvalue weighted by Crippen LogP contribution is -2.33. The van der Waals surface area contributed by atoms with Gasteiger partial charge < -0.3 is 14.1 Å². The Morgan fingerprint density at radius 2 is 2.03 bits per heavy atom. The molecule has 2 aromatic heterocycles. The Balaban J connectivity index is 1.40. The van der Waals surface area contributed by atoms with Gasteiger partial charge in [0.1, 0.15) is 0 Å². The Bertz CT molecular complexity index is 1140. The van der Waals surface area contributed by atoms with Crippen molar-refractivity contribution >= 4 is 11.6 Å². The average molecular weight is 479 g/mol. The number of ether oxygens (including phenoxy) is 1. The predicted molar refractivity (Wildman–Crippen MR) is 132 cm³/mol. The minimum absolute atomic E-state index is 0.0257. The zero-order valence-corrected chi connectivity index (χ0v) is 20.1. The van der Waals surface area contributed by atoms with Gasteiger partial charge in [0.15, 0.2) is 0 Å². The molecule has 0 bridgehead atoms. The normalized spacial score (nSPS) is 13.0. The lowest BCUT2D eigenvalue weighted by molar-refractivity contribution is -0.115.